The van der Waals surface area contributed by atoms with Gasteiger partial charge in [0.15, 0.2) is 0 Å². The third-order valence-corrected chi connectivity index (χ3v) is 7.90. The third-order valence-electron chi connectivity index (χ3n) is 7.90. The van der Waals surface area contributed by atoms with Crippen molar-refractivity contribution >= 4 is 0 Å². The molecule has 206 valence electrons. The van der Waals surface area contributed by atoms with Crippen molar-refractivity contribution in [1.82, 2.24) is 0 Å². The lowest BCUT2D eigenvalue weighted by molar-refractivity contribution is 0.242. The lowest BCUT2D eigenvalue weighted by Gasteiger charge is -2.36. The molecule has 3 atom stereocenters. The fourth-order valence-electron chi connectivity index (χ4n) is 5.93. The molecule has 2 heterocycles. The Labute approximate surface area is 231 Å². The van der Waals surface area contributed by atoms with E-state index in [0.717, 1.165) is 16.7 Å². The summed E-state index contributed by atoms with van der Waals surface area (Å²) in [5, 5.41) is 42.1. The van der Waals surface area contributed by atoms with Crippen molar-refractivity contribution < 1.29 is 39.4 Å². The standard InChI is InChI=1S/C32H30O8/c1-37-21-6-8-22(27(35)12-21)26-16-40-31-11-20(34)5-7-23(31)32(26)25-13-24(28(36)14-30(25)38-2)18-9-17-3-4-19(33)10-29(17)39-15-18/h3-8,10-14,18,26,32-36H,9,15-16H2,1-2H3. The fourth-order valence-corrected chi connectivity index (χ4v) is 5.93. The molecule has 0 amide bonds. The molecule has 0 aromatic heterocycles. The largest absolute Gasteiger partial charge is 0.508 e. The first-order valence-corrected chi connectivity index (χ1v) is 13.0. The normalized spacial score (nSPS) is 19.5. The monoisotopic (exact) mass is 542 g/mol. The Morgan fingerprint density at radius 3 is 2.10 bits per heavy atom. The molecule has 0 bridgehead atoms. The van der Waals surface area contributed by atoms with Crippen LogP contribution in [0.4, 0.5) is 0 Å². The molecule has 0 spiro atoms. The van der Waals surface area contributed by atoms with Crippen LogP contribution in [0.2, 0.25) is 0 Å². The SMILES string of the molecule is COc1ccc(C2COc3cc(O)ccc3C2c2cc(C3COc4cc(O)ccc4C3)c(O)cc2OC)c(O)c1. The van der Waals surface area contributed by atoms with Gasteiger partial charge in [-0.15, -0.1) is 0 Å². The van der Waals surface area contributed by atoms with Gasteiger partial charge in [0.2, 0.25) is 0 Å². The number of phenols is 4. The van der Waals surface area contributed by atoms with Crippen molar-refractivity contribution in [3.05, 3.63) is 94.5 Å². The number of ether oxygens (including phenoxy) is 4. The van der Waals surface area contributed by atoms with Crippen LogP contribution in [0.3, 0.4) is 0 Å². The molecule has 4 aromatic rings. The molecule has 2 aliphatic heterocycles. The van der Waals surface area contributed by atoms with Crippen molar-refractivity contribution in [2.24, 2.45) is 0 Å². The summed E-state index contributed by atoms with van der Waals surface area (Å²) in [5.41, 5.74) is 3.95. The van der Waals surface area contributed by atoms with E-state index >= 15 is 0 Å². The molecule has 0 saturated heterocycles. The molecule has 0 radical (unpaired) electrons. The number of fused-ring (bicyclic) bond motifs is 2. The van der Waals surface area contributed by atoms with Gasteiger partial charge in [-0.3, -0.25) is 0 Å². The Hall–Kier alpha value is -4.72. The lowest BCUT2D eigenvalue weighted by atomic mass is 9.74. The molecule has 3 unspecified atom stereocenters. The second-order valence-corrected chi connectivity index (χ2v) is 10.2. The Kier molecular flexibility index (Phi) is 6.46. The second-order valence-electron chi connectivity index (χ2n) is 10.2. The van der Waals surface area contributed by atoms with E-state index in [1.165, 1.54) is 0 Å². The van der Waals surface area contributed by atoms with Crippen LogP contribution in [0.5, 0.6) is 46.0 Å². The van der Waals surface area contributed by atoms with Gasteiger partial charge in [-0.2, -0.15) is 0 Å². The van der Waals surface area contributed by atoms with E-state index in [1.807, 2.05) is 24.3 Å². The molecule has 40 heavy (non-hydrogen) atoms. The Morgan fingerprint density at radius 2 is 1.35 bits per heavy atom. The maximum atomic E-state index is 11.1. The summed E-state index contributed by atoms with van der Waals surface area (Å²) in [6, 6.07) is 18.9. The first-order chi connectivity index (χ1) is 19.4. The van der Waals surface area contributed by atoms with Crippen molar-refractivity contribution in [3.8, 4) is 46.0 Å². The minimum atomic E-state index is -0.341. The number of rotatable bonds is 5. The third kappa shape index (κ3) is 4.45. The van der Waals surface area contributed by atoms with Crippen LogP contribution >= 0.6 is 0 Å². The molecular formula is C32H30O8. The minimum absolute atomic E-state index is 0.0821. The first-order valence-electron chi connectivity index (χ1n) is 13.0. The van der Waals surface area contributed by atoms with Gasteiger partial charge in [-0.25, -0.2) is 0 Å². The molecule has 0 fully saturated rings. The molecule has 2 aliphatic rings. The summed E-state index contributed by atoms with van der Waals surface area (Å²) in [6.45, 7) is 0.570. The molecule has 6 rings (SSSR count). The number of hydrogen-bond donors (Lipinski definition) is 4. The van der Waals surface area contributed by atoms with Crippen molar-refractivity contribution in [2.45, 2.75) is 24.2 Å². The molecule has 4 aromatic carbocycles. The zero-order valence-corrected chi connectivity index (χ0v) is 22.1. The molecule has 8 heteroatoms. The Bertz CT molecular complexity index is 1580. The summed E-state index contributed by atoms with van der Waals surface area (Å²) in [6.07, 6.45) is 0.621. The van der Waals surface area contributed by atoms with Gasteiger partial charge in [0.05, 0.1) is 27.4 Å². The molecule has 4 N–H and O–H groups in total. The molecular weight excluding hydrogens is 512 g/mol. The zero-order valence-electron chi connectivity index (χ0n) is 22.1. The highest BCUT2D eigenvalue weighted by atomic mass is 16.5. The van der Waals surface area contributed by atoms with E-state index in [2.05, 4.69) is 0 Å². The highest BCUT2D eigenvalue weighted by molar-refractivity contribution is 5.58. The highest BCUT2D eigenvalue weighted by Crippen LogP contribution is 2.52. The highest BCUT2D eigenvalue weighted by Gasteiger charge is 2.38. The van der Waals surface area contributed by atoms with E-state index in [0.29, 0.717) is 47.2 Å². The van der Waals surface area contributed by atoms with Crippen LogP contribution in [0.25, 0.3) is 0 Å². The van der Waals surface area contributed by atoms with E-state index < -0.39 is 0 Å². The quantitative estimate of drug-likeness (QED) is 0.259. The smallest absolute Gasteiger partial charge is 0.126 e. The average Bonchev–Trinajstić information content (AvgIpc) is 2.96. The van der Waals surface area contributed by atoms with Gasteiger partial charge >= 0.3 is 0 Å². The predicted molar refractivity (Wildman–Crippen MR) is 148 cm³/mol. The fraction of sp³-hybridized carbons (Fsp3) is 0.250. The van der Waals surface area contributed by atoms with Gasteiger partial charge in [-0.1, -0.05) is 18.2 Å². The number of phenolic OH excluding ortho intramolecular Hbond substituents is 4. The van der Waals surface area contributed by atoms with E-state index in [9.17, 15) is 20.4 Å². The summed E-state index contributed by atoms with van der Waals surface area (Å²) in [5.74, 6) is 1.81. The number of aromatic hydroxyl groups is 4. The van der Waals surface area contributed by atoms with Crippen molar-refractivity contribution in [1.29, 1.82) is 0 Å². The Morgan fingerprint density at radius 1 is 0.650 bits per heavy atom. The molecule has 0 aliphatic carbocycles. The van der Waals surface area contributed by atoms with Crippen LogP contribution < -0.4 is 18.9 Å². The van der Waals surface area contributed by atoms with Crippen LogP contribution in [0, 0.1) is 0 Å². The van der Waals surface area contributed by atoms with Crippen LogP contribution in [0.15, 0.2) is 66.7 Å². The van der Waals surface area contributed by atoms with Gasteiger partial charge in [-0.05, 0) is 36.2 Å². The van der Waals surface area contributed by atoms with Crippen LogP contribution in [0.1, 0.15) is 45.6 Å². The molecule has 0 saturated carbocycles. The lowest BCUT2D eigenvalue weighted by Crippen LogP contribution is -2.26. The van der Waals surface area contributed by atoms with Gasteiger partial charge < -0.3 is 39.4 Å². The summed E-state index contributed by atoms with van der Waals surface area (Å²) in [7, 11) is 3.10. The molecule has 8 nitrogen and oxygen atoms in total. The summed E-state index contributed by atoms with van der Waals surface area (Å²) in [4.78, 5) is 0. The Balaban J connectivity index is 1.49. The summed E-state index contributed by atoms with van der Waals surface area (Å²) < 4.78 is 23.1. The zero-order chi connectivity index (χ0) is 28.0. The van der Waals surface area contributed by atoms with Crippen LogP contribution in [-0.2, 0) is 6.42 Å². The maximum absolute atomic E-state index is 11.1. The van der Waals surface area contributed by atoms with E-state index in [-0.39, 0.29) is 47.4 Å². The van der Waals surface area contributed by atoms with E-state index in [4.69, 9.17) is 18.9 Å². The average molecular weight is 543 g/mol. The topological polar surface area (TPSA) is 118 Å². The van der Waals surface area contributed by atoms with Gasteiger partial charge in [0.1, 0.15) is 46.0 Å². The minimum Gasteiger partial charge on any atom is -0.508 e. The van der Waals surface area contributed by atoms with Crippen molar-refractivity contribution in [3.63, 3.8) is 0 Å². The maximum Gasteiger partial charge on any atom is 0.126 e. The first kappa shape index (κ1) is 25.6. The van der Waals surface area contributed by atoms with Gasteiger partial charge in [0, 0.05) is 64.3 Å². The second kappa shape index (κ2) is 10.1. The van der Waals surface area contributed by atoms with E-state index in [1.54, 1.807) is 56.7 Å². The van der Waals surface area contributed by atoms with Crippen LogP contribution in [-0.4, -0.2) is 47.9 Å². The van der Waals surface area contributed by atoms with Crippen molar-refractivity contribution in [2.75, 3.05) is 27.4 Å². The number of benzene rings is 4. The summed E-state index contributed by atoms with van der Waals surface area (Å²) >= 11 is 0. The number of methoxy groups -OCH3 is 2. The number of hydrogen-bond acceptors (Lipinski definition) is 8. The predicted octanol–water partition coefficient (Wildman–Crippen LogP) is 5.55. The van der Waals surface area contributed by atoms with Gasteiger partial charge in [0.25, 0.3) is 0 Å².